The molecule has 0 amide bonds. The fourth-order valence-electron chi connectivity index (χ4n) is 1.49. The van der Waals surface area contributed by atoms with Crippen molar-refractivity contribution in [3.8, 4) is 5.75 Å². The van der Waals surface area contributed by atoms with Crippen LogP contribution in [0.5, 0.6) is 5.75 Å². The van der Waals surface area contributed by atoms with Gasteiger partial charge in [-0.15, -0.1) is 0 Å². The minimum absolute atomic E-state index is 0.183. The molecule has 2 nitrogen and oxygen atoms in total. The Balaban J connectivity index is 2.96. The average Bonchev–Trinajstić information content (AvgIpc) is 2.16. The molecule has 0 aliphatic rings. The molecule has 14 heavy (non-hydrogen) atoms. The highest BCUT2D eigenvalue weighted by Gasteiger charge is 2.11. The molecule has 2 heteroatoms. The van der Waals surface area contributed by atoms with Gasteiger partial charge in [-0.1, -0.05) is 19.1 Å². The lowest BCUT2D eigenvalue weighted by Gasteiger charge is -2.17. The summed E-state index contributed by atoms with van der Waals surface area (Å²) in [6.45, 7) is 6.23. The third-order valence-electron chi connectivity index (χ3n) is 2.73. The predicted molar refractivity (Wildman–Crippen MR) is 59.8 cm³/mol. The number of hydrogen-bond acceptors (Lipinski definition) is 2. The lowest BCUT2D eigenvalue weighted by atomic mass is 9.94. The summed E-state index contributed by atoms with van der Waals surface area (Å²) < 4.78 is 5.21. The van der Waals surface area contributed by atoms with Crippen molar-refractivity contribution in [1.82, 2.24) is 0 Å². The van der Waals surface area contributed by atoms with Crippen molar-refractivity contribution in [1.29, 1.82) is 0 Å². The van der Waals surface area contributed by atoms with Gasteiger partial charge < -0.3 is 10.5 Å². The van der Waals surface area contributed by atoms with E-state index in [0.29, 0.717) is 5.92 Å². The molecular formula is C12H19NO. The highest BCUT2D eigenvalue weighted by Crippen LogP contribution is 2.24. The van der Waals surface area contributed by atoms with Crippen molar-refractivity contribution in [3.05, 3.63) is 29.3 Å². The van der Waals surface area contributed by atoms with Crippen LogP contribution >= 0.6 is 0 Å². The Bertz CT molecular complexity index is 307. The Morgan fingerprint density at radius 3 is 2.36 bits per heavy atom. The molecule has 0 heterocycles. The normalized spacial score (nSPS) is 14.9. The third-order valence-corrected chi connectivity index (χ3v) is 2.73. The van der Waals surface area contributed by atoms with Crippen LogP contribution in [0.25, 0.3) is 0 Å². The summed E-state index contributed by atoms with van der Waals surface area (Å²) in [5.74, 6) is 1.32. The first-order valence-corrected chi connectivity index (χ1v) is 4.96. The van der Waals surface area contributed by atoms with Crippen LogP contribution in [0.4, 0.5) is 0 Å². The molecule has 0 spiro atoms. The van der Waals surface area contributed by atoms with Crippen LogP contribution in [-0.2, 0) is 0 Å². The number of rotatable bonds is 3. The van der Waals surface area contributed by atoms with Crippen LogP contribution in [0, 0.1) is 6.92 Å². The molecule has 2 atom stereocenters. The van der Waals surface area contributed by atoms with E-state index in [1.165, 1.54) is 5.56 Å². The number of aryl methyl sites for hydroxylation is 1. The molecule has 0 bridgehead atoms. The van der Waals surface area contributed by atoms with E-state index in [2.05, 4.69) is 26.0 Å². The fourth-order valence-corrected chi connectivity index (χ4v) is 1.49. The largest absolute Gasteiger partial charge is 0.496 e. The molecule has 2 N–H and O–H groups in total. The molecule has 78 valence electrons. The number of benzene rings is 1. The van der Waals surface area contributed by atoms with Gasteiger partial charge >= 0.3 is 0 Å². The highest BCUT2D eigenvalue weighted by molar-refractivity contribution is 5.37. The first kappa shape index (κ1) is 11.1. The minimum Gasteiger partial charge on any atom is -0.496 e. The van der Waals surface area contributed by atoms with Crippen LogP contribution in [0.2, 0.25) is 0 Å². The topological polar surface area (TPSA) is 35.2 Å². The molecule has 1 aromatic rings. The van der Waals surface area contributed by atoms with E-state index in [1.807, 2.05) is 13.0 Å². The summed E-state index contributed by atoms with van der Waals surface area (Å²) in [6, 6.07) is 6.42. The number of hydrogen-bond donors (Lipinski definition) is 1. The number of nitrogens with two attached hydrogens (primary N) is 1. The maximum Gasteiger partial charge on any atom is 0.121 e. The van der Waals surface area contributed by atoms with Crippen molar-refractivity contribution in [2.75, 3.05) is 7.11 Å². The van der Waals surface area contributed by atoms with E-state index < -0.39 is 0 Å². The van der Waals surface area contributed by atoms with Gasteiger partial charge in [0.1, 0.15) is 5.75 Å². The van der Waals surface area contributed by atoms with E-state index in [1.54, 1.807) is 7.11 Å². The van der Waals surface area contributed by atoms with Gasteiger partial charge in [-0.3, -0.25) is 0 Å². The quantitative estimate of drug-likeness (QED) is 0.800. The Kier molecular flexibility index (Phi) is 3.53. The first-order chi connectivity index (χ1) is 6.56. The number of ether oxygens (including phenoxy) is 1. The molecule has 1 rings (SSSR count). The zero-order chi connectivity index (χ0) is 10.7. The summed E-state index contributed by atoms with van der Waals surface area (Å²) in [6.07, 6.45) is 0. The summed E-state index contributed by atoms with van der Waals surface area (Å²) in [7, 11) is 1.69. The van der Waals surface area contributed by atoms with Crippen LogP contribution in [0.1, 0.15) is 30.9 Å². The van der Waals surface area contributed by atoms with Gasteiger partial charge in [0.05, 0.1) is 7.11 Å². The standard InChI is InChI=1S/C12H19NO/c1-8-7-11(9(2)10(3)13)5-6-12(8)14-4/h5-7,9-10H,13H2,1-4H3. The van der Waals surface area contributed by atoms with E-state index in [9.17, 15) is 0 Å². The Hall–Kier alpha value is -1.02. The SMILES string of the molecule is COc1ccc(C(C)C(C)N)cc1C. The highest BCUT2D eigenvalue weighted by atomic mass is 16.5. The smallest absolute Gasteiger partial charge is 0.121 e. The molecule has 0 radical (unpaired) electrons. The molecule has 0 aliphatic carbocycles. The summed E-state index contributed by atoms with van der Waals surface area (Å²) >= 11 is 0. The Labute approximate surface area is 86.1 Å². The van der Waals surface area contributed by atoms with Crippen molar-refractivity contribution in [2.45, 2.75) is 32.7 Å². The second-order valence-electron chi connectivity index (χ2n) is 3.88. The molecule has 1 aromatic carbocycles. The Morgan fingerprint density at radius 1 is 1.29 bits per heavy atom. The van der Waals surface area contributed by atoms with Gasteiger partial charge in [0, 0.05) is 6.04 Å². The third kappa shape index (κ3) is 2.26. The van der Waals surface area contributed by atoms with Crippen LogP contribution in [-0.4, -0.2) is 13.2 Å². The zero-order valence-electron chi connectivity index (χ0n) is 9.37. The summed E-state index contributed by atoms with van der Waals surface area (Å²) in [5, 5.41) is 0. The molecule has 0 saturated carbocycles. The van der Waals surface area contributed by atoms with Crippen LogP contribution < -0.4 is 10.5 Å². The van der Waals surface area contributed by atoms with E-state index in [0.717, 1.165) is 11.3 Å². The van der Waals surface area contributed by atoms with Crippen LogP contribution in [0.15, 0.2) is 18.2 Å². The van der Waals surface area contributed by atoms with Gasteiger partial charge in [0.2, 0.25) is 0 Å². The monoisotopic (exact) mass is 193 g/mol. The van der Waals surface area contributed by atoms with Gasteiger partial charge in [-0.05, 0) is 37.0 Å². The molecule has 0 saturated heterocycles. The molecule has 0 fully saturated rings. The second kappa shape index (κ2) is 4.47. The van der Waals surface area contributed by atoms with Crippen LogP contribution in [0.3, 0.4) is 0 Å². The van der Waals surface area contributed by atoms with Crippen molar-refractivity contribution >= 4 is 0 Å². The maximum absolute atomic E-state index is 5.86. The van der Waals surface area contributed by atoms with Crippen molar-refractivity contribution in [3.63, 3.8) is 0 Å². The average molecular weight is 193 g/mol. The second-order valence-corrected chi connectivity index (χ2v) is 3.88. The van der Waals surface area contributed by atoms with Gasteiger partial charge in [0.25, 0.3) is 0 Å². The van der Waals surface area contributed by atoms with E-state index in [-0.39, 0.29) is 6.04 Å². The first-order valence-electron chi connectivity index (χ1n) is 4.96. The summed E-state index contributed by atoms with van der Waals surface area (Å²) in [5.41, 5.74) is 8.30. The zero-order valence-corrected chi connectivity index (χ0v) is 9.37. The van der Waals surface area contributed by atoms with Gasteiger partial charge in [-0.25, -0.2) is 0 Å². The van der Waals surface area contributed by atoms with Crippen molar-refractivity contribution < 1.29 is 4.74 Å². The number of methoxy groups -OCH3 is 1. The van der Waals surface area contributed by atoms with Crippen molar-refractivity contribution in [2.24, 2.45) is 5.73 Å². The Morgan fingerprint density at radius 2 is 1.93 bits per heavy atom. The van der Waals surface area contributed by atoms with E-state index >= 15 is 0 Å². The van der Waals surface area contributed by atoms with Gasteiger partial charge in [-0.2, -0.15) is 0 Å². The molecule has 0 aliphatic heterocycles. The molecular weight excluding hydrogens is 174 g/mol. The maximum atomic E-state index is 5.86. The lowest BCUT2D eigenvalue weighted by Crippen LogP contribution is -2.22. The van der Waals surface area contributed by atoms with Gasteiger partial charge in [0.15, 0.2) is 0 Å². The summed E-state index contributed by atoms with van der Waals surface area (Å²) in [4.78, 5) is 0. The lowest BCUT2D eigenvalue weighted by molar-refractivity contribution is 0.411. The van der Waals surface area contributed by atoms with E-state index in [4.69, 9.17) is 10.5 Å². The minimum atomic E-state index is 0.183. The predicted octanol–water partition coefficient (Wildman–Crippen LogP) is 2.45. The molecule has 2 unspecified atom stereocenters. The fraction of sp³-hybridized carbons (Fsp3) is 0.500. The molecule has 0 aromatic heterocycles.